The Kier molecular flexibility index (Phi) is 6.44. The number of rotatable bonds is 8. The van der Waals surface area contributed by atoms with Gasteiger partial charge in [0.25, 0.3) is 0 Å². The van der Waals surface area contributed by atoms with Crippen LogP contribution in [-0.2, 0) is 16.1 Å². The van der Waals surface area contributed by atoms with Crippen LogP contribution in [0, 0.1) is 0 Å². The summed E-state index contributed by atoms with van der Waals surface area (Å²) in [5, 5.41) is 12.1. The van der Waals surface area contributed by atoms with Crippen molar-refractivity contribution < 1.29 is 14.0 Å². The monoisotopic (exact) mass is 473 g/mol. The minimum absolute atomic E-state index is 0.106. The molecule has 0 bridgehead atoms. The molecule has 2 aromatic heterocycles. The first kappa shape index (κ1) is 22.0. The molecule has 3 heterocycles. The number of amides is 2. The summed E-state index contributed by atoms with van der Waals surface area (Å²) < 4.78 is 7.41. The van der Waals surface area contributed by atoms with Gasteiger partial charge in [-0.15, -0.1) is 10.2 Å². The van der Waals surface area contributed by atoms with Gasteiger partial charge >= 0.3 is 0 Å². The van der Waals surface area contributed by atoms with Gasteiger partial charge in [0, 0.05) is 30.9 Å². The summed E-state index contributed by atoms with van der Waals surface area (Å²) in [6, 6.07) is 21.1. The van der Waals surface area contributed by atoms with Crippen LogP contribution in [0.5, 0.6) is 0 Å². The number of anilines is 1. The van der Waals surface area contributed by atoms with E-state index >= 15 is 0 Å². The van der Waals surface area contributed by atoms with Crippen molar-refractivity contribution in [2.24, 2.45) is 0 Å². The molecule has 1 aliphatic rings. The molecule has 8 nitrogen and oxygen atoms in total. The van der Waals surface area contributed by atoms with Gasteiger partial charge in [0.2, 0.25) is 17.6 Å². The Labute approximate surface area is 201 Å². The smallest absolute Gasteiger partial charge is 0.230 e. The molecule has 0 radical (unpaired) electrons. The molecule has 0 aliphatic carbocycles. The van der Waals surface area contributed by atoms with Gasteiger partial charge in [-0.3, -0.25) is 14.2 Å². The van der Waals surface area contributed by atoms with Crippen LogP contribution in [0.3, 0.4) is 0 Å². The molecule has 1 aliphatic heterocycles. The molecule has 0 spiro atoms. The molecule has 5 rings (SSSR count). The van der Waals surface area contributed by atoms with E-state index in [2.05, 4.69) is 15.5 Å². The molecule has 0 unspecified atom stereocenters. The fraction of sp³-hybridized carbons (Fsp3) is 0.200. The van der Waals surface area contributed by atoms with Gasteiger partial charge in [-0.05, 0) is 48.4 Å². The van der Waals surface area contributed by atoms with Crippen LogP contribution in [0.15, 0.2) is 82.6 Å². The first-order chi connectivity index (χ1) is 16.7. The lowest BCUT2D eigenvalue weighted by Gasteiger charge is -2.16. The van der Waals surface area contributed by atoms with E-state index in [1.807, 2.05) is 65.2 Å². The molecule has 172 valence electrons. The van der Waals surface area contributed by atoms with Crippen molar-refractivity contribution in [1.82, 2.24) is 20.1 Å². The maximum absolute atomic E-state index is 12.5. The minimum Gasteiger partial charge on any atom is -0.461 e. The largest absolute Gasteiger partial charge is 0.461 e. The van der Waals surface area contributed by atoms with Gasteiger partial charge in [0.15, 0.2) is 10.9 Å². The fourth-order valence-corrected chi connectivity index (χ4v) is 4.62. The predicted octanol–water partition coefficient (Wildman–Crippen LogP) is 4.06. The van der Waals surface area contributed by atoms with Gasteiger partial charge in [0.05, 0.1) is 12.0 Å². The first-order valence-corrected chi connectivity index (χ1v) is 12.0. The van der Waals surface area contributed by atoms with Gasteiger partial charge in [-0.25, -0.2) is 0 Å². The maximum Gasteiger partial charge on any atom is 0.230 e. The van der Waals surface area contributed by atoms with Gasteiger partial charge in [0.1, 0.15) is 0 Å². The highest BCUT2D eigenvalue weighted by molar-refractivity contribution is 7.99. The average Bonchev–Trinajstić information content (AvgIpc) is 3.63. The zero-order chi connectivity index (χ0) is 23.3. The summed E-state index contributed by atoms with van der Waals surface area (Å²) in [7, 11) is 0. The van der Waals surface area contributed by atoms with E-state index in [1.54, 1.807) is 17.2 Å². The Morgan fingerprint density at radius 3 is 2.53 bits per heavy atom. The zero-order valence-electron chi connectivity index (χ0n) is 18.4. The lowest BCUT2D eigenvalue weighted by molar-refractivity contribution is -0.119. The second-order valence-electron chi connectivity index (χ2n) is 7.84. The maximum atomic E-state index is 12.5. The molecule has 2 aromatic carbocycles. The van der Waals surface area contributed by atoms with Crippen LogP contribution in [-0.4, -0.2) is 38.9 Å². The van der Waals surface area contributed by atoms with E-state index < -0.39 is 0 Å². The third-order valence-electron chi connectivity index (χ3n) is 5.53. The van der Waals surface area contributed by atoms with Crippen molar-refractivity contribution in [3.05, 3.63) is 78.6 Å². The van der Waals surface area contributed by atoms with Gasteiger partial charge < -0.3 is 14.6 Å². The van der Waals surface area contributed by atoms with Crippen molar-refractivity contribution in [2.75, 3.05) is 17.2 Å². The summed E-state index contributed by atoms with van der Waals surface area (Å²) in [6.45, 7) is 1.18. The Morgan fingerprint density at radius 1 is 1.00 bits per heavy atom. The Morgan fingerprint density at radius 2 is 1.82 bits per heavy atom. The Balaban J connectivity index is 1.22. The summed E-state index contributed by atoms with van der Waals surface area (Å²) in [6.07, 6.45) is 3.10. The van der Waals surface area contributed by atoms with Crippen LogP contribution in [0.1, 0.15) is 18.4 Å². The molecule has 0 atom stereocenters. The highest BCUT2D eigenvalue weighted by atomic mass is 32.2. The zero-order valence-corrected chi connectivity index (χ0v) is 19.2. The third kappa shape index (κ3) is 4.74. The van der Waals surface area contributed by atoms with E-state index in [-0.39, 0.29) is 17.6 Å². The average molecular weight is 474 g/mol. The molecule has 34 heavy (non-hydrogen) atoms. The van der Waals surface area contributed by atoms with Crippen molar-refractivity contribution >= 4 is 29.3 Å². The Bertz CT molecular complexity index is 1270. The number of hydrogen-bond donors (Lipinski definition) is 1. The lowest BCUT2D eigenvalue weighted by atomic mass is 10.2. The molecule has 0 saturated carbocycles. The SMILES string of the molecule is O=C(CSc1nnc(-c2ccco2)n1-c1ccccc1)NCc1ccc(N2CCCC2=O)cc1. The third-order valence-corrected chi connectivity index (χ3v) is 6.46. The summed E-state index contributed by atoms with van der Waals surface area (Å²) in [5.41, 5.74) is 2.76. The summed E-state index contributed by atoms with van der Waals surface area (Å²) in [4.78, 5) is 26.2. The molecule has 1 N–H and O–H groups in total. The van der Waals surface area contributed by atoms with Crippen LogP contribution in [0.2, 0.25) is 0 Å². The number of thioether (sulfide) groups is 1. The van der Waals surface area contributed by atoms with E-state index in [0.29, 0.717) is 29.7 Å². The minimum atomic E-state index is -0.106. The van der Waals surface area contributed by atoms with E-state index in [4.69, 9.17) is 4.42 Å². The number of para-hydroxylation sites is 1. The number of nitrogens with one attached hydrogen (secondary N) is 1. The van der Waals surface area contributed by atoms with Crippen molar-refractivity contribution in [2.45, 2.75) is 24.5 Å². The number of nitrogens with zero attached hydrogens (tertiary/aromatic N) is 4. The molecular weight excluding hydrogens is 450 g/mol. The van der Waals surface area contributed by atoms with Crippen LogP contribution < -0.4 is 10.2 Å². The quantitative estimate of drug-likeness (QED) is 0.388. The van der Waals surface area contributed by atoms with Crippen molar-refractivity contribution in [1.29, 1.82) is 0 Å². The van der Waals surface area contributed by atoms with Crippen LogP contribution in [0.25, 0.3) is 17.3 Å². The number of benzene rings is 2. The van der Waals surface area contributed by atoms with E-state index in [0.717, 1.165) is 29.9 Å². The highest BCUT2D eigenvalue weighted by Crippen LogP contribution is 2.28. The molecule has 4 aromatic rings. The molecule has 9 heteroatoms. The summed E-state index contributed by atoms with van der Waals surface area (Å²) in [5.74, 6) is 1.44. The second-order valence-corrected chi connectivity index (χ2v) is 8.78. The fourth-order valence-electron chi connectivity index (χ4n) is 3.84. The highest BCUT2D eigenvalue weighted by Gasteiger charge is 2.21. The first-order valence-electron chi connectivity index (χ1n) is 11.0. The molecular formula is C25H23N5O3S. The van der Waals surface area contributed by atoms with Gasteiger partial charge in [-0.2, -0.15) is 0 Å². The number of hydrogen-bond acceptors (Lipinski definition) is 6. The van der Waals surface area contributed by atoms with Crippen molar-refractivity contribution in [3.8, 4) is 17.3 Å². The van der Waals surface area contributed by atoms with Crippen LogP contribution >= 0.6 is 11.8 Å². The molecule has 2 amide bonds. The Hall–Kier alpha value is -3.85. The van der Waals surface area contributed by atoms with Crippen molar-refractivity contribution in [3.63, 3.8) is 0 Å². The topological polar surface area (TPSA) is 93.3 Å². The van der Waals surface area contributed by atoms with E-state index in [9.17, 15) is 9.59 Å². The van der Waals surface area contributed by atoms with Gasteiger partial charge in [-0.1, -0.05) is 42.1 Å². The van der Waals surface area contributed by atoms with Crippen LogP contribution in [0.4, 0.5) is 5.69 Å². The summed E-state index contributed by atoms with van der Waals surface area (Å²) >= 11 is 1.31. The normalized spacial score (nSPS) is 13.4. The predicted molar refractivity (Wildman–Crippen MR) is 130 cm³/mol. The molecule has 1 fully saturated rings. The number of carbonyl (C=O) groups excluding carboxylic acids is 2. The van der Waals surface area contributed by atoms with E-state index in [1.165, 1.54) is 11.8 Å². The number of aromatic nitrogens is 3. The lowest BCUT2D eigenvalue weighted by Crippen LogP contribution is -2.25. The number of carbonyl (C=O) groups is 2. The molecule has 1 saturated heterocycles. The standard InChI is InChI=1S/C25H23N5O3S/c31-22(26-16-18-10-12-19(13-11-18)29-14-4-9-23(29)32)17-34-25-28-27-24(21-8-5-15-33-21)30(25)20-6-2-1-3-7-20/h1-3,5-8,10-13,15H,4,9,14,16-17H2,(H,26,31). The number of furan rings is 1. The second kappa shape index (κ2) is 9.96.